The Bertz CT molecular complexity index is 619. The fourth-order valence-electron chi connectivity index (χ4n) is 1.98. The van der Waals surface area contributed by atoms with Gasteiger partial charge in [0.05, 0.1) is 12.5 Å². The second-order valence-corrected chi connectivity index (χ2v) is 5.66. The number of nitrogens with zero attached hydrogens (tertiary/aromatic N) is 3. The summed E-state index contributed by atoms with van der Waals surface area (Å²) in [7, 11) is 0. The van der Waals surface area contributed by atoms with Crippen molar-refractivity contribution in [2.75, 3.05) is 0 Å². The van der Waals surface area contributed by atoms with Crippen LogP contribution in [0.15, 0.2) is 30.7 Å². The van der Waals surface area contributed by atoms with Crippen LogP contribution in [0.1, 0.15) is 31.7 Å². The molecule has 2 N–H and O–H groups in total. The number of pyridine rings is 1. The van der Waals surface area contributed by atoms with E-state index in [1.165, 1.54) is 0 Å². The quantitative estimate of drug-likeness (QED) is 0.849. The number of aryl methyl sites for hydroxylation is 1. The van der Waals surface area contributed by atoms with Gasteiger partial charge >= 0.3 is 0 Å². The number of aliphatic hydroxyl groups excluding tert-OH is 1. The van der Waals surface area contributed by atoms with Crippen molar-refractivity contribution in [2.24, 2.45) is 5.92 Å². The molecule has 0 aromatic carbocycles. The number of aliphatic hydroxyl groups is 1. The Morgan fingerprint density at radius 3 is 2.68 bits per heavy atom. The maximum absolute atomic E-state index is 11.7. The van der Waals surface area contributed by atoms with E-state index in [0.717, 1.165) is 17.2 Å². The number of carbonyl (C=O) groups is 1. The monoisotopic (exact) mass is 302 g/mol. The minimum absolute atomic E-state index is 0.0742. The highest BCUT2D eigenvalue weighted by molar-refractivity contribution is 5.76. The first kappa shape index (κ1) is 16.2. The van der Waals surface area contributed by atoms with Crippen LogP contribution in [-0.4, -0.2) is 31.7 Å². The van der Waals surface area contributed by atoms with Gasteiger partial charge in [0, 0.05) is 25.1 Å². The average Bonchev–Trinajstić information content (AvgIpc) is 2.91. The lowest BCUT2D eigenvalue weighted by atomic mass is 10.0. The molecule has 1 unspecified atom stereocenters. The van der Waals surface area contributed by atoms with Gasteiger partial charge in [0.1, 0.15) is 11.6 Å². The van der Waals surface area contributed by atoms with Crippen LogP contribution in [0, 0.1) is 12.8 Å². The van der Waals surface area contributed by atoms with Gasteiger partial charge in [0.15, 0.2) is 0 Å². The normalized spacial score (nSPS) is 12.4. The Kier molecular flexibility index (Phi) is 5.27. The van der Waals surface area contributed by atoms with Gasteiger partial charge in [-0.05, 0) is 24.5 Å². The number of carbonyl (C=O) groups excluding carboxylic acids is 1. The van der Waals surface area contributed by atoms with Gasteiger partial charge in [0.2, 0.25) is 5.91 Å². The van der Waals surface area contributed by atoms with Gasteiger partial charge in [-0.15, -0.1) is 0 Å². The molecule has 0 aliphatic rings. The molecule has 2 aromatic heterocycles. The summed E-state index contributed by atoms with van der Waals surface area (Å²) >= 11 is 0. The zero-order valence-electron chi connectivity index (χ0n) is 13.2. The summed E-state index contributed by atoms with van der Waals surface area (Å²) in [5.41, 5.74) is 0.911. The molecule has 2 heterocycles. The zero-order valence-corrected chi connectivity index (χ0v) is 13.2. The van der Waals surface area contributed by atoms with Crippen LogP contribution in [0.5, 0.6) is 0 Å². The van der Waals surface area contributed by atoms with Gasteiger partial charge in [-0.25, -0.2) is 9.97 Å². The highest BCUT2D eigenvalue weighted by Gasteiger charge is 2.14. The van der Waals surface area contributed by atoms with E-state index in [2.05, 4.69) is 15.3 Å². The fraction of sp³-hybridized carbons (Fsp3) is 0.438. The van der Waals surface area contributed by atoms with E-state index in [4.69, 9.17) is 0 Å². The van der Waals surface area contributed by atoms with Crippen molar-refractivity contribution in [3.8, 4) is 5.82 Å². The van der Waals surface area contributed by atoms with E-state index >= 15 is 0 Å². The lowest BCUT2D eigenvalue weighted by molar-refractivity contribution is -0.123. The Hall–Kier alpha value is -2.21. The van der Waals surface area contributed by atoms with E-state index in [-0.39, 0.29) is 18.2 Å². The molecule has 0 radical (unpaired) electrons. The van der Waals surface area contributed by atoms with Crippen molar-refractivity contribution in [2.45, 2.75) is 39.8 Å². The molecule has 6 heteroatoms. The summed E-state index contributed by atoms with van der Waals surface area (Å²) in [6.45, 7) is 6.09. The summed E-state index contributed by atoms with van der Waals surface area (Å²) in [4.78, 5) is 20.3. The second kappa shape index (κ2) is 7.17. The lowest BCUT2D eigenvalue weighted by Crippen LogP contribution is -2.29. The number of imidazole rings is 1. The minimum atomic E-state index is -0.607. The highest BCUT2D eigenvalue weighted by Crippen LogP contribution is 2.09. The topological polar surface area (TPSA) is 80.0 Å². The maximum Gasteiger partial charge on any atom is 0.222 e. The molecule has 0 spiro atoms. The van der Waals surface area contributed by atoms with Crippen LogP contribution in [0.3, 0.4) is 0 Å². The predicted octanol–water partition coefficient (Wildman–Crippen LogP) is 1.60. The van der Waals surface area contributed by atoms with Crippen molar-refractivity contribution < 1.29 is 9.90 Å². The third kappa shape index (κ3) is 4.14. The van der Waals surface area contributed by atoms with Gasteiger partial charge in [-0.1, -0.05) is 19.9 Å². The molecule has 2 aromatic rings. The van der Waals surface area contributed by atoms with Gasteiger partial charge in [-0.3, -0.25) is 9.36 Å². The standard InChI is InChI=1S/C16H22N4O2/c1-11(2)14(21)8-16(22)19-10-13-4-5-15(18-9-13)20-7-6-17-12(20)3/h4-7,9,11,14,21H,8,10H2,1-3H3,(H,19,22). The molecule has 118 valence electrons. The Balaban J connectivity index is 1.89. The molecule has 1 atom stereocenters. The highest BCUT2D eigenvalue weighted by atomic mass is 16.3. The lowest BCUT2D eigenvalue weighted by Gasteiger charge is -2.14. The summed E-state index contributed by atoms with van der Waals surface area (Å²) in [6.07, 6.45) is 4.83. The molecule has 0 fully saturated rings. The van der Waals surface area contributed by atoms with E-state index in [1.54, 1.807) is 12.4 Å². The summed E-state index contributed by atoms with van der Waals surface area (Å²) in [5.74, 6) is 1.58. The second-order valence-electron chi connectivity index (χ2n) is 5.66. The summed E-state index contributed by atoms with van der Waals surface area (Å²) < 4.78 is 1.89. The number of amides is 1. The molecule has 2 rings (SSSR count). The molecule has 0 aliphatic carbocycles. The Morgan fingerprint density at radius 2 is 2.14 bits per heavy atom. The summed E-state index contributed by atoms with van der Waals surface area (Å²) in [6, 6.07) is 3.81. The van der Waals surface area contributed by atoms with Crippen molar-refractivity contribution >= 4 is 5.91 Å². The zero-order chi connectivity index (χ0) is 16.1. The van der Waals surface area contributed by atoms with Crippen LogP contribution in [-0.2, 0) is 11.3 Å². The Morgan fingerprint density at radius 1 is 1.36 bits per heavy atom. The number of rotatable bonds is 6. The fourth-order valence-corrected chi connectivity index (χ4v) is 1.98. The summed E-state index contributed by atoms with van der Waals surface area (Å²) in [5, 5.41) is 12.5. The third-order valence-electron chi connectivity index (χ3n) is 3.54. The third-order valence-corrected chi connectivity index (χ3v) is 3.54. The first-order valence-electron chi connectivity index (χ1n) is 7.37. The van der Waals surface area contributed by atoms with Crippen molar-refractivity contribution in [1.29, 1.82) is 0 Å². The van der Waals surface area contributed by atoms with Crippen LogP contribution < -0.4 is 5.32 Å². The predicted molar refractivity (Wildman–Crippen MR) is 83.4 cm³/mol. The Labute approximate surface area is 130 Å². The van der Waals surface area contributed by atoms with Crippen molar-refractivity contribution in [3.05, 3.63) is 42.1 Å². The molecular formula is C16H22N4O2. The molecule has 0 saturated heterocycles. The van der Waals surface area contributed by atoms with Crippen LogP contribution >= 0.6 is 0 Å². The van der Waals surface area contributed by atoms with E-state index in [9.17, 15) is 9.90 Å². The number of hydrogen-bond acceptors (Lipinski definition) is 4. The van der Waals surface area contributed by atoms with E-state index < -0.39 is 6.10 Å². The molecule has 0 aliphatic heterocycles. The number of nitrogens with one attached hydrogen (secondary N) is 1. The molecule has 0 saturated carbocycles. The first-order valence-corrected chi connectivity index (χ1v) is 7.37. The van der Waals surface area contributed by atoms with Gasteiger partial charge in [-0.2, -0.15) is 0 Å². The van der Waals surface area contributed by atoms with E-state index in [0.29, 0.717) is 6.54 Å². The molecular weight excluding hydrogens is 280 g/mol. The van der Waals surface area contributed by atoms with Gasteiger partial charge < -0.3 is 10.4 Å². The van der Waals surface area contributed by atoms with E-state index in [1.807, 2.05) is 43.7 Å². The maximum atomic E-state index is 11.7. The molecule has 6 nitrogen and oxygen atoms in total. The molecule has 1 amide bonds. The van der Waals surface area contributed by atoms with Gasteiger partial charge in [0.25, 0.3) is 0 Å². The van der Waals surface area contributed by atoms with Crippen LogP contribution in [0.25, 0.3) is 5.82 Å². The number of hydrogen-bond donors (Lipinski definition) is 2. The van der Waals surface area contributed by atoms with Crippen LogP contribution in [0.2, 0.25) is 0 Å². The first-order chi connectivity index (χ1) is 10.5. The van der Waals surface area contributed by atoms with Crippen molar-refractivity contribution in [3.63, 3.8) is 0 Å². The molecule has 0 bridgehead atoms. The van der Waals surface area contributed by atoms with Crippen LogP contribution in [0.4, 0.5) is 0 Å². The largest absolute Gasteiger partial charge is 0.392 e. The molecule has 22 heavy (non-hydrogen) atoms. The SMILES string of the molecule is Cc1nccn1-c1ccc(CNC(=O)CC(O)C(C)C)cn1. The smallest absolute Gasteiger partial charge is 0.222 e. The van der Waals surface area contributed by atoms with Crippen molar-refractivity contribution in [1.82, 2.24) is 19.9 Å². The number of aromatic nitrogens is 3. The minimum Gasteiger partial charge on any atom is -0.392 e. The average molecular weight is 302 g/mol.